The molecule has 37 heavy (non-hydrogen) atoms. The normalized spacial score (nSPS) is 15.6. The van der Waals surface area contributed by atoms with Crippen LogP contribution in [0.1, 0.15) is 35.2 Å². The van der Waals surface area contributed by atoms with E-state index < -0.39 is 17.9 Å². The average Bonchev–Trinajstić information content (AvgIpc) is 2.84. The zero-order valence-corrected chi connectivity index (χ0v) is 22.4. The van der Waals surface area contributed by atoms with E-state index in [4.69, 9.17) is 15.2 Å². The molecule has 4 N–H and O–H groups in total. The SMILES string of the molecule is Cl.Cl.NC(=O)c1ccc(OCCNC[C@H](O)COc2ccc(CCCN3CCC(F)(F)CC3)cc2)cc1. The van der Waals surface area contributed by atoms with Crippen molar-refractivity contribution in [2.45, 2.75) is 37.7 Å². The fourth-order valence-electron chi connectivity index (χ4n) is 3.84. The van der Waals surface area contributed by atoms with Crippen LogP contribution in [0.2, 0.25) is 0 Å². The molecule has 0 radical (unpaired) electrons. The molecular weight excluding hydrogens is 527 g/mol. The van der Waals surface area contributed by atoms with Gasteiger partial charge in [0.2, 0.25) is 5.91 Å². The Morgan fingerprint density at radius 2 is 1.62 bits per heavy atom. The maximum atomic E-state index is 13.2. The molecule has 0 unspecified atom stereocenters. The van der Waals surface area contributed by atoms with Crippen molar-refractivity contribution in [3.63, 3.8) is 0 Å². The minimum absolute atomic E-state index is 0. The number of hydrogen-bond donors (Lipinski definition) is 3. The maximum absolute atomic E-state index is 13.2. The Bertz CT molecular complexity index is 911. The van der Waals surface area contributed by atoms with Gasteiger partial charge in [-0.15, -0.1) is 24.8 Å². The van der Waals surface area contributed by atoms with Crippen molar-refractivity contribution >= 4 is 30.7 Å². The second kappa shape index (κ2) is 16.6. The molecular formula is C26H37Cl2F2N3O4. The standard InChI is InChI=1S/C26H35F2N3O4.2ClH/c27-26(28)11-15-31(16-12-26)14-1-2-20-3-7-24(8-4-20)35-19-22(32)18-30-13-17-34-23-9-5-21(6-10-23)25(29)33;;/h3-10,22,30,32H,1-2,11-19H2,(H2,29,33);2*1H/t22-;;/m0../s1. The summed E-state index contributed by atoms with van der Waals surface area (Å²) in [4.78, 5) is 13.2. The minimum atomic E-state index is -2.49. The summed E-state index contributed by atoms with van der Waals surface area (Å²) in [6.07, 6.45) is 1.07. The number of piperidine rings is 1. The molecule has 1 aliphatic heterocycles. The number of rotatable bonds is 14. The zero-order valence-electron chi connectivity index (χ0n) is 20.7. The van der Waals surface area contributed by atoms with Crippen LogP contribution in [0.25, 0.3) is 0 Å². The van der Waals surface area contributed by atoms with E-state index in [0.717, 1.165) is 19.4 Å². The highest BCUT2D eigenvalue weighted by molar-refractivity contribution is 5.92. The molecule has 1 heterocycles. The number of carbonyl (C=O) groups is 1. The van der Waals surface area contributed by atoms with Crippen LogP contribution in [0.15, 0.2) is 48.5 Å². The lowest BCUT2D eigenvalue weighted by Gasteiger charge is -2.31. The largest absolute Gasteiger partial charge is 0.492 e. The molecule has 2 aromatic carbocycles. The first-order valence-electron chi connectivity index (χ1n) is 12.0. The molecule has 1 atom stereocenters. The van der Waals surface area contributed by atoms with Gasteiger partial charge >= 0.3 is 0 Å². The van der Waals surface area contributed by atoms with Crippen LogP contribution in [0.5, 0.6) is 11.5 Å². The summed E-state index contributed by atoms with van der Waals surface area (Å²) in [6.45, 7) is 3.26. The van der Waals surface area contributed by atoms with E-state index in [9.17, 15) is 18.7 Å². The number of carbonyl (C=O) groups excluding carboxylic acids is 1. The Kier molecular flexibility index (Phi) is 14.8. The predicted octanol–water partition coefficient (Wildman–Crippen LogP) is 3.70. The number of amides is 1. The maximum Gasteiger partial charge on any atom is 0.250 e. The van der Waals surface area contributed by atoms with Crippen LogP contribution in [0, 0.1) is 0 Å². The van der Waals surface area contributed by atoms with Crippen LogP contribution in [0.3, 0.4) is 0 Å². The lowest BCUT2D eigenvalue weighted by molar-refractivity contribution is -0.0551. The number of ether oxygens (including phenoxy) is 2. The molecule has 7 nitrogen and oxygen atoms in total. The number of nitrogens with one attached hydrogen (secondary N) is 1. The smallest absolute Gasteiger partial charge is 0.250 e. The topological polar surface area (TPSA) is 97.1 Å². The third-order valence-corrected chi connectivity index (χ3v) is 5.96. The first-order chi connectivity index (χ1) is 16.8. The molecule has 2 aromatic rings. The molecule has 0 spiro atoms. The fourth-order valence-corrected chi connectivity index (χ4v) is 3.84. The third kappa shape index (κ3) is 12.3. The van der Waals surface area contributed by atoms with Gasteiger partial charge in [-0.2, -0.15) is 0 Å². The Hall–Kier alpha value is -2.17. The molecule has 1 aliphatic rings. The zero-order chi connectivity index (χ0) is 25.1. The van der Waals surface area contributed by atoms with Gasteiger partial charge in [-0.05, 0) is 61.3 Å². The lowest BCUT2D eigenvalue weighted by atomic mass is 10.1. The molecule has 1 amide bonds. The summed E-state index contributed by atoms with van der Waals surface area (Å²) < 4.78 is 37.7. The molecule has 1 saturated heterocycles. The number of nitrogens with zero attached hydrogens (tertiary/aromatic N) is 1. The first-order valence-corrected chi connectivity index (χ1v) is 12.0. The van der Waals surface area contributed by atoms with Gasteiger partial charge in [-0.3, -0.25) is 4.79 Å². The van der Waals surface area contributed by atoms with Crippen molar-refractivity contribution in [3.05, 3.63) is 59.7 Å². The van der Waals surface area contributed by atoms with Crippen molar-refractivity contribution in [2.75, 3.05) is 45.9 Å². The summed E-state index contributed by atoms with van der Waals surface area (Å²) in [5, 5.41) is 13.2. The second-order valence-electron chi connectivity index (χ2n) is 8.85. The van der Waals surface area contributed by atoms with Crippen LogP contribution in [-0.4, -0.2) is 73.9 Å². The molecule has 0 saturated carbocycles. The Labute approximate surface area is 229 Å². The second-order valence-corrected chi connectivity index (χ2v) is 8.85. The van der Waals surface area contributed by atoms with Gasteiger partial charge in [0.25, 0.3) is 5.92 Å². The van der Waals surface area contributed by atoms with Crippen molar-refractivity contribution in [3.8, 4) is 11.5 Å². The van der Waals surface area contributed by atoms with Crippen LogP contribution >= 0.6 is 24.8 Å². The minimum Gasteiger partial charge on any atom is -0.492 e. The number of aliphatic hydroxyl groups is 1. The summed E-state index contributed by atoms with van der Waals surface area (Å²) in [7, 11) is 0. The van der Waals surface area contributed by atoms with E-state index >= 15 is 0 Å². The van der Waals surface area contributed by atoms with Gasteiger partial charge in [0.15, 0.2) is 0 Å². The number of nitrogens with two attached hydrogens (primary N) is 1. The monoisotopic (exact) mass is 563 g/mol. The van der Waals surface area contributed by atoms with E-state index in [0.29, 0.717) is 49.8 Å². The average molecular weight is 565 g/mol. The van der Waals surface area contributed by atoms with Gasteiger partial charge in [0.05, 0.1) is 0 Å². The van der Waals surface area contributed by atoms with Crippen LogP contribution < -0.4 is 20.5 Å². The number of hydrogen-bond acceptors (Lipinski definition) is 6. The highest BCUT2D eigenvalue weighted by atomic mass is 35.5. The molecule has 3 rings (SSSR count). The van der Waals surface area contributed by atoms with Crippen molar-refractivity contribution in [1.29, 1.82) is 0 Å². The lowest BCUT2D eigenvalue weighted by Crippen LogP contribution is -2.39. The Balaban J connectivity index is 0.00000342. The highest BCUT2D eigenvalue weighted by Crippen LogP contribution is 2.27. The van der Waals surface area contributed by atoms with Crippen molar-refractivity contribution in [2.24, 2.45) is 5.73 Å². The van der Waals surface area contributed by atoms with E-state index in [-0.39, 0.29) is 44.3 Å². The fraction of sp³-hybridized carbons (Fsp3) is 0.500. The van der Waals surface area contributed by atoms with Gasteiger partial charge in [-0.1, -0.05) is 12.1 Å². The quantitative estimate of drug-likeness (QED) is 0.303. The third-order valence-electron chi connectivity index (χ3n) is 5.96. The van der Waals surface area contributed by atoms with E-state index in [2.05, 4.69) is 10.2 Å². The number of likely N-dealkylation sites (tertiary alicyclic amines) is 1. The highest BCUT2D eigenvalue weighted by Gasteiger charge is 2.33. The number of alkyl halides is 2. The van der Waals surface area contributed by atoms with Crippen molar-refractivity contribution < 1.29 is 28.2 Å². The van der Waals surface area contributed by atoms with Crippen molar-refractivity contribution in [1.82, 2.24) is 10.2 Å². The molecule has 11 heteroatoms. The van der Waals surface area contributed by atoms with Gasteiger partial charge in [-0.25, -0.2) is 8.78 Å². The molecule has 0 aromatic heterocycles. The summed E-state index contributed by atoms with van der Waals surface area (Å²) in [5.41, 5.74) is 6.81. The van der Waals surface area contributed by atoms with E-state index in [1.54, 1.807) is 24.3 Å². The molecule has 208 valence electrons. The number of aryl methyl sites for hydroxylation is 1. The summed E-state index contributed by atoms with van der Waals surface area (Å²) in [5.74, 6) is -1.64. The number of primary amides is 1. The Morgan fingerprint density at radius 3 is 2.24 bits per heavy atom. The predicted molar refractivity (Wildman–Crippen MR) is 145 cm³/mol. The van der Waals surface area contributed by atoms with Crippen LogP contribution in [-0.2, 0) is 6.42 Å². The van der Waals surface area contributed by atoms with Gasteiger partial charge in [0.1, 0.15) is 30.8 Å². The summed E-state index contributed by atoms with van der Waals surface area (Å²) >= 11 is 0. The number of aliphatic hydroxyl groups excluding tert-OH is 1. The number of halogens is 4. The molecule has 0 aliphatic carbocycles. The molecule has 1 fully saturated rings. The van der Waals surface area contributed by atoms with Gasteiger partial charge in [0, 0.05) is 44.6 Å². The Morgan fingerprint density at radius 1 is 1.03 bits per heavy atom. The van der Waals surface area contributed by atoms with E-state index in [1.165, 1.54) is 5.56 Å². The first kappa shape index (κ1) is 32.9. The van der Waals surface area contributed by atoms with Gasteiger partial charge < -0.3 is 30.5 Å². The van der Waals surface area contributed by atoms with Crippen LogP contribution in [0.4, 0.5) is 8.78 Å². The number of benzene rings is 2. The van der Waals surface area contributed by atoms with E-state index in [1.807, 2.05) is 24.3 Å². The molecule has 0 bridgehead atoms. The summed E-state index contributed by atoms with van der Waals surface area (Å²) in [6, 6.07) is 14.4.